The molecule has 1 saturated heterocycles. The number of amides is 1. The first kappa shape index (κ1) is 18.3. The summed E-state index contributed by atoms with van der Waals surface area (Å²) < 4.78 is 1.52. The number of anilines is 1. The molecule has 0 saturated carbocycles. The molecule has 4 heterocycles. The molecule has 3 aromatic rings. The van der Waals surface area contributed by atoms with Crippen molar-refractivity contribution >= 4 is 49.2 Å². The minimum Gasteiger partial charge on any atom is -0.310 e. The van der Waals surface area contributed by atoms with Gasteiger partial charge in [0.25, 0.3) is 5.56 Å². The fraction of sp³-hybridized carbons (Fsp3) is 0.333. The highest BCUT2D eigenvalue weighted by Crippen LogP contribution is 2.21. The van der Waals surface area contributed by atoms with E-state index in [1.165, 1.54) is 11.3 Å². The van der Waals surface area contributed by atoms with Crippen LogP contribution >= 0.6 is 27.3 Å². The number of piperidine rings is 1. The van der Waals surface area contributed by atoms with Crippen LogP contribution in [0.2, 0.25) is 0 Å². The molecule has 27 heavy (non-hydrogen) atoms. The second-order valence-electron chi connectivity index (χ2n) is 6.57. The van der Waals surface area contributed by atoms with Crippen molar-refractivity contribution in [2.75, 3.05) is 18.4 Å². The summed E-state index contributed by atoms with van der Waals surface area (Å²) in [5.74, 6) is 1.06. The molecular weight excluding hydrogens is 430 g/mol. The summed E-state index contributed by atoms with van der Waals surface area (Å²) in [6.07, 6.45) is 3.43. The SMILES string of the molecule is O=C(Nc1ccc(Br)cn1)C1CCCN(Cc2nc3ccsc3c(=O)[nH]2)C1. The van der Waals surface area contributed by atoms with Gasteiger partial charge < -0.3 is 10.3 Å². The fourth-order valence-electron chi connectivity index (χ4n) is 3.30. The molecule has 1 atom stereocenters. The van der Waals surface area contributed by atoms with Crippen LogP contribution in [0.15, 0.2) is 39.0 Å². The Balaban J connectivity index is 1.41. The second-order valence-corrected chi connectivity index (χ2v) is 8.40. The van der Waals surface area contributed by atoms with Crippen molar-refractivity contribution in [3.05, 3.63) is 50.4 Å². The zero-order valence-electron chi connectivity index (χ0n) is 14.4. The molecule has 0 radical (unpaired) electrons. The van der Waals surface area contributed by atoms with E-state index in [-0.39, 0.29) is 17.4 Å². The number of nitrogens with one attached hydrogen (secondary N) is 2. The number of fused-ring (bicyclic) bond motifs is 1. The molecule has 3 aromatic heterocycles. The Kier molecular flexibility index (Phi) is 5.33. The molecule has 4 rings (SSSR count). The van der Waals surface area contributed by atoms with E-state index in [4.69, 9.17) is 0 Å². The number of H-pyrrole nitrogens is 1. The number of hydrogen-bond donors (Lipinski definition) is 2. The maximum Gasteiger partial charge on any atom is 0.268 e. The fourth-order valence-corrected chi connectivity index (χ4v) is 4.26. The highest BCUT2D eigenvalue weighted by molar-refractivity contribution is 9.10. The number of halogens is 1. The van der Waals surface area contributed by atoms with Crippen LogP contribution in [0.25, 0.3) is 10.2 Å². The van der Waals surface area contributed by atoms with E-state index >= 15 is 0 Å². The predicted molar refractivity (Wildman–Crippen MR) is 109 cm³/mol. The van der Waals surface area contributed by atoms with Crippen LogP contribution in [0.5, 0.6) is 0 Å². The molecule has 140 valence electrons. The number of thiophene rings is 1. The molecule has 7 nitrogen and oxygen atoms in total. The Morgan fingerprint density at radius 1 is 1.41 bits per heavy atom. The number of pyridine rings is 1. The van der Waals surface area contributed by atoms with E-state index in [1.54, 1.807) is 12.3 Å². The highest BCUT2D eigenvalue weighted by atomic mass is 79.9. The molecule has 0 bridgehead atoms. The maximum atomic E-state index is 12.6. The minimum absolute atomic E-state index is 0.0238. The summed E-state index contributed by atoms with van der Waals surface area (Å²) in [6.45, 7) is 2.04. The quantitative estimate of drug-likeness (QED) is 0.641. The molecule has 0 aliphatic carbocycles. The van der Waals surface area contributed by atoms with Crippen molar-refractivity contribution in [1.82, 2.24) is 19.9 Å². The van der Waals surface area contributed by atoms with E-state index in [0.717, 1.165) is 29.4 Å². The third kappa shape index (κ3) is 4.26. The lowest BCUT2D eigenvalue weighted by atomic mass is 9.97. The van der Waals surface area contributed by atoms with E-state index in [2.05, 4.69) is 41.1 Å². The average molecular weight is 448 g/mol. The van der Waals surface area contributed by atoms with Gasteiger partial charge in [0, 0.05) is 17.2 Å². The zero-order valence-corrected chi connectivity index (χ0v) is 16.8. The predicted octanol–water partition coefficient (Wildman–Crippen LogP) is 2.99. The van der Waals surface area contributed by atoms with E-state index < -0.39 is 0 Å². The minimum atomic E-state index is -0.110. The Labute approximate surface area is 168 Å². The highest BCUT2D eigenvalue weighted by Gasteiger charge is 2.26. The average Bonchev–Trinajstić information content (AvgIpc) is 3.13. The summed E-state index contributed by atoms with van der Waals surface area (Å²) in [5, 5.41) is 4.75. The van der Waals surface area contributed by atoms with E-state index in [9.17, 15) is 9.59 Å². The number of carbonyl (C=O) groups excluding carboxylic acids is 1. The number of rotatable bonds is 4. The topological polar surface area (TPSA) is 91.0 Å². The maximum absolute atomic E-state index is 12.6. The standard InChI is InChI=1S/C18H18BrN5O2S/c19-12-3-4-14(20-8-12)22-17(25)11-2-1-6-24(9-11)10-15-21-13-5-7-27-16(13)18(26)23-15/h3-5,7-8,11H,1-2,6,9-10H2,(H,20,22,25)(H,21,23,26). The van der Waals surface area contributed by atoms with Crippen LogP contribution in [0.4, 0.5) is 5.82 Å². The number of aromatic nitrogens is 3. The first-order valence-electron chi connectivity index (χ1n) is 8.69. The number of hydrogen-bond acceptors (Lipinski definition) is 6. The smallest absolute Gasteiger partial charge is 0.268 e. The van der Waals surface area contributed by atoms with Crippen LogP contribution in [-0.2, 0) is 11.3 Å². The molecular formula is C18H18BrN5O2S. The second kappa shape index (κ2) is 7.87. The van der Waals surface area contributed by atoms with Crippen molar-refractivity contribution in [1.29, 1.82) is 0 Å². The Morgan fingerprint density at radius 2 is 2.30 bits per heavy atom. The Bertz CT molecular complexity index is 1020. The van der Waals surface area contributed by atoms with Gasteiger partial charge in [-0.3, -0.25) is 14.5 Å². The van der Waals surface area contributed by atoms with Crippen molar-refractivity contribution < 1.29 is 4.79 Å². The third-order valence-electron chi connectivity index (χ3n) is 4.59. The number of nitrogens with zero attached hydrogens (tertiary/aromatic N) is 3. The van der Waals surface area contributed by atoms with Gasteiger partial charge in [0.1, 0.15) is 16.3 Å². The van der Waals surface area contributed by atoms with Crippen LogP contribution in [-0.4, -0.2) is 38.8 Å². The van der Waals surface area contributed by atoms with Gasteiger partial charge in [0.15, 0.2) is 0 Å². The summed E-state index contributed by atoms with van der Waals surface area (Å²) in [6, 6.07) is 5.47. The lowest BCUT2D eigenvalue weighted by Crippen LogP contribution is -2.40. The molecule has 0 spiro atoms. The molecule has 2 N–H and O–H groups in total. The van der Waals surface area contributed by atoms with Gasteiger partial charge in [-0.2, -0.15) is 0 Å². The van der Waals surface area contributed by atoms with Crippen LogP contribution < -0.4 is 10.9 Å². The van der Waals surface area contributed by atoms with Crippen molar-refractivity contribution in [3.63, 3.8) is 0 Å². The van der Waals surface area contributed by atoms with E-state index in [1.807, 2.05) is 17.5 Å². The third-order valence-corrected chi connectivity index (χ3v) is 5.96. The zero-order chi connectivity index (χ0) is 18.8. The van der Waals surface area contributed by atoms with Gasteiger partial charge in [-0.15, -0.1) is 11.3 Å². The molecule has 0 aromatic carbocycles. The van der Waals surface area contributed by atoms with Gasteiger partial charge in [0.2, 0.25) is 5.91 Å². The summed E-state index contributed by atoms with van der Waals surface area (Å²) >= 11 is 4.73. The number of carbonyl (C=O) groups is 1. The summed E-state index contributed by atoms with van der Waals surface area (Å²) in [5.41, 5.74) is 0.629. The van der Waals surface area contributed by atoms with Crippen LogP contribution in [0.3, 0.4) is 0 Å². The van der Waals surface area contributed by atoms with E-state index in [0.29, 0.717) is 29.4 Å². The lowest BCUT2D eigenvalue weighted by molar-refractivity contribution is -0.121. The molecule has 1 unspecified atom stereocenters. The van der Waals surface area contributed by atoms with Gasteiger partial charge in [0.05, 0.1) is 18.0 Å². The van der Waals surface area contributed by atoms with Crippen LogP contribution in [0.1, 0.15) is 18.7 Å². The largest absolute Gasteiger partial charge is 0.310 e. The first-order valence-corrected chi connectivity index (χ1v) is 10.4. The molecule has 1 aliphatic heterocycles. The monoisotopic (exact) mass is 447 g/mol. The Hall–Kier alpha value is -2.10. The Morgan fingerprint density at radius 3 is 3.11 bits per heavy atom. The van der Waals surface area contributed by atoms with Gasteiger partial charge in [-0.25, -0.2) is 9.97 Å². The van der Waals surface area contributed by atoms with Gasteiger partial charge in [-0.1, -0.05) is 0 Å². The molecule has 1 amide bonds. The summed E-state index contributed by atoms with van der Waals surface area (Å²) in [7, 11) is 0. The number of aromatic amines is 1. The van der Waals surface area contributed by atoms with Gasteiger partial charge in [-0.05, 0) is 58.9 Å². The molecule has 9 heteroatoms. The van der Waals surface area contributed by atoms with Gasteiger partial charge >= 0.3 is 0 Å². The first-order chi connectivity index (χ1) is 13.1. The normalized spacial score (nSPS) is 17.9. The molecule has 1 fully saturated rings. The molecule has 1 aliphatic rings. The number of likely N-dealkylation sites (tertiary alicyclic amines) is 1. The van der Waals surface area contributed by atoms with Crippen LogP contribution in [0, 0.1) is 5.92 Å². The summed E-state index contributed by atoms with van der Waals surface area (Å²) in [4.78, 5) is 38.5. The van der Waals surface area contributed by atoms with Crippen molar-refractivity contribution in [3.8, 4) is 0 Å². The lowest BCUT2D eigenvalue weighted by Gasteiger charge is -2.31. The van der Waals surface area contributed by atoms with Crippen molar-refractivity contribution in [2.45, 2.75) is 19.4 Å². The van der Waals surface area contributed by atoms with Crippen molar-refractivity contribution in [2.24, 2.45) is 5.92 Å².